The summed E-state index contributed by atoms with van der Waals surface area (Å²) in [5, 5.41) is 0. The van der Waals surface area contributed by atoms with E-state index in [1.54, 1.807) is 60.7 Å². The van der Waals surface area contributed by atoms with Crippen molar-refractivity contribution in [3.63, 3.8) is 0 Å². The highest BCUT2D eigenvalue weighted by atomic mass is 79.9. The van der Waals surface area contributed by atoms with Crippen molar-refractivity contribution in [3.05, 3.63) is 93.9 Å². The van der Waals surface area contributed by atoms with E-state index in [0.717, 1.165) is 8.95 Å². The molecule has 10 heteroatoms. The van der Waals surface area contributed by atoms with Gasteiger partial charge < -0.3 is 0 Å². The first-order valence-corrected chi connectivity index (χ1v) is 14.0. The third-order valence-electron chi connectivity index (χ3n) is 4.93. The van der Waals surface area contributed by atoms with E-state index in [-0.39, 0.29) is 22.9 Å². The summed E-state index contributed by atoms with van der Waals surface area (Å²) in [6, 6.07) is 19.3. The largest absolute Gasteiger partial charge is 0.264 e. The lowest BCUT2D eigenvalue weighted by molar-refractivity contribution is 0.589. The molecule has 0 fully saturated rings. The van der Waals surface area contributed by atoms with Gasteiger partial charge in [0.1, 0.15) is 0 Å². The van der Waals surface area contributed by atoms with Crippen molar-refractivity contribution in [2.45, 2.75) is 9.79 Å². The summed E-state index contributed by atoms with van der Waals surface area (Å²) in [6.07, 6.45) is 3.33. The molecule has 0 N–H and O–H groups in total. The van der Waals surface area contributed by atoms with Gasteiger partial charge in [0.2, 0.25) is 0 Å². The molecule has 1 heterocycles. The normalized spacial score (nSPS) is 15.6. The van der Waals surface area contributed by atoms with Crippen LogP contribution in [0.4, 0.5) is 11.4 Å². The first-order valence-electron chi connectivity index (χ1n) is 9.52. The lowest BCUT2D eigenvalue weighted by atomic mass is 10.2. The lowest BCUT2D eigenvalue weighted by Gasteiger charge is -2.32. The standard InChI is InChI=1S/C22H18Br2N2O4S2/c23-17-7-11-19(12-8-17)31(27,28)25-15-3-4-16-26(22-6-2-1-5-21(22)25)32(29,30)20-13-9-18(24)10-14-20/h1-14H,15-16H2/b4-3-. The topological polar surface area (TPSA) is 74.8 Å². The fraction of sp³-hybridized carbons (Fsp3) is 0.0909. The number of rotatable bonds is 4. The van der Waals surface area contributed by atoms with E-state index in [2.05, 4.69) is 31.9 Å². The summed E-state index contributed by atoms with van der Waals surface area (Å²) in [7, 11) is -7.87. The highest BCUT2D eigenvalue weighted by molar-refractivity contribution is 9.10. The molecule has 4 rings (SSSR count). The van der Waals surface area contributed by atoms with Crippen LogP contribution >= 0.6 is 31.9 Å². The molecule has 3 aromatic carbocycles. The molecule has 166 valence electrons. The number of para-hydroxylation sites is 2. The fourth-order valence-corrected chi connectivity index (χ4v) is 6.73. The fourth-order valence-electron chi connectivity index (χ4n) is 3.35. The molecule has 0 atom stereocenters. The van der Waals surface area contributed by atoms with E-state index in [1.807, 2.05) is 0 Å². The van der Waals surface area contributed by atoms with Crippen molar-refractivity contribution in [1.29, 1.82) is 0 Å². The second-order valence-corrected chi connectivity index (χ2v) is 12.5. The molecular weight excluding hydrogens is 580 g/mol. The molecule has 0 saturated carbocycles. The number of halogens is 2. The van der Waals surface area contributed by atoms with Crippen LogP contribution in [-0.2, 0) is 20.0 Å². The Balaban J connectivity index is 1.85. The van der Waals surface area contributed by atoms with E-state index in [1.165, 1.54) is 32.9 Å². The van der Waals surface area contributed by atoms with Crippen LogP contribution < -0.4 is 8.61 Å². The second kappa shape index (κ2) is 9.01. The van der Waals surface area contributed by atoms with Gasteiger partial charge in [-0.25, -0.2) is 16.8 Å². The molecule has 6 nitrogen and oxygen atoms in total. The van der Waals surface area contributed by atoms with Gasteiger partial charge in [0.15, 0.2) is 0 Å². The van der Waals surface area contributed by atoms with Crippen LogP contribution in [0.15, 0.2) is 104 Å². The van der Waals surface area contributed by atoms with Crippen molar-refractivity contribution in [1.82, 2.24) is 0 Å². The maximum Gasteiger partial charge on any atom is 0.264 e. The zero-order valence-electron chi connectivity index (χ0n) is 16.6. The first kappa shape index (κ1) is 23.0. The van der Waals surface area contributed by atoms with Crippen molar-refractivity contribution in [3.8, 4) is 0 Å². The summed E-state index contributed by atoms with van der Waals surface area (Å²) >= 11 is 6.63. The quantitative estimate of drug-likeness (QED) is 0.389. The van der Waals surface area contributed by atoms with Gasteiger partial charge in [-0.15, -0.1) is 0 Å². The predicted molar refractivity (Wildman–Crippen MR) is 133 cm³/mol. The molecule has 0 aromatic heterocycles. The summed E-state index contributed by atoms with van der Waals surface area (Å²) in [5.41, 5.74) is 0.584. The van der Waals surface area contributed by atoms with E-state index < -0.39 is 20.0 Å². The van der Waals surface area contributed by atoms with Crippen molar-refractivity contribution >= 4 is 63.3 Å². The summed E-state index contributed by atoms with van der Waals surface area (Å²) in [6.45, 7) is 0.170. The van der Waals surface area contributed by atoms with Gasteiger partial charge in [-0.3, -0.25) is 8.61 Å². The number of nitrogens with zero attached hydrogens (tertiary/aromatic N) is 2. The maximum atomic E-state index is 13.5. The van der Waals surface area contributed by atoms with Gasteiger partial charge in [0, 0.05) is 8.95 Å². The summed E-state index contributed by atoms with van der Waals surface area (Å²) in [5.74, 6) is 0. The Bertz CT molecular complexity index is 1270. The monoisotopic (exact) mass is 596 g/mol. The summed E-state index contributed by atoms with van der Waals surface area (Å²) < 4.78 is 58.0. The minimum absolute atomic E-state index is 0.0849. The number of hydrogen-bond donors (Lipinski definition) is 0. The minimum Gasteiger partial charge on any atom is -0.260 e. The number of sulfonamides is 2. The van der Waals surface area contributed by atoms with Gasteiger partial charge >= 0.3 is 0 Å². The number of anilines is 2. The first-order chi connectivity index (χ1) is 15.2. The number of fused-ring (bicyclic) bond motifs is 1. The van der Waals surface area contributed by atoms with Gasteiger partial charge in [0.05, 0.1) is 34.3 Å². The Morgan fingerprint density at radius 1 is 0.562 bits per heavy atom. The smallest absolute Gasteiger partial charge is 0.260 e. The highest BCUT2D eigenvalue weighted by Crippen LogP contribution is 2.37. The molecule has 0 bridgehead atoms. The Kier molecular flexibility index (Phi) is 6.49. The third-order valence-corrected chi connectivity index (χ3v) is 9.58. The van der Waals surface area contributed by atoms with Crippen molar-refractivity contribution in [2.75, 3.05) is 21.7 Å². The van der Waals surface area contributed by atoms with Gasteiger partial charge in [-0.1, -0.05) is 56.1 Å². The van der Waals surface area contributed by atoms with Gasteiger partial charge in [-0.05, 0) is 60.7 Å². The van der Waals surface area contributed by atoms with E-state index >= 15 is 0 Å². The molecule has 3 aromatic rings. The Hall–Kier alpha value is -2.14. The Labute approximate surface area is 204 Å². The molecule has 0 radical (unpaired) electrons. The average molecular weight is 598 g/mol. The Morgan fingerprint density at radius 2 is 0.906 bits per heavy atom. The maximum absolute atomic E-state index is 13.5. The molecule has 0 unspecified atom stereocenters. The van der Waals surface area contributed by atoms with Crippen molar-refractivity contribution in [2.24, 2.45) is 0 Å². The van der Waals surface area contributed by atoms with Crippen LogP contribution in [0.1, 0.15) is 0 Å². The van der Waals surface area contributed by atoms with Crippen LogP contribution in [0, 0.1) is 0 Å². The highest BCUT2D eigenvalue weighted by Gasteiger charge is 2.32. The van der Waals surface area contributed by atoms with Crippen LogP contribution in [0.3, 0.4) is 0 Å². The van der Waals surface area contributed by atoms with Gasteiger partial charge in [0.25, 0.3) is 20.0 Å². The lowest BCUT2D eigenvalue weighted by Crippen LogP contribution is -2.37. The summed E-state index contributed by atoms with van der Waals surface area (Å²) in [4.78, 5) is 0.235. The molecule has 0 saturated heterocycles. The molecular formula is C22H18Br2N2O4S2. The van der Waals surface area contributed by atoms with Crippen LogP contribution in [0.25, 0.3) is 0 Å². The van der Waals surface area contributed by atoms with E-state index in [9.17, 15) is 16.8 Å². The molecule has 0 amide bonds. The van der Waals surface area contributed by atoms with Crippen LogP contribution in [0.5, 0.6) is 0 Å². The third kappa shape index (κ3) is 4.36. The zero-order valence-corrected chi connectivity index (χ0v) is 21.4. The molecule has 0 spiro atoms. The number of hydrogen-bond acceptors (Lipinski definition) is 4. The van der Waals surface area contributed by atoms with E-state index in [4.69, 9.17) is 0 Å². The van der Waals surface area contributed by atoms with Crippen LogP contribution in [0.2, 0.25) is 0 Å². The molecule has 0 aliphatic carbocycles. The average Bonchev–Trinajstić information content (AvgIpc) is 2.75. The zero-order chi connectivity index (χ0) is 22.9. The molecule has 32 heavy (non-hydrogen) atoms. The van der Waals surface area contributed by atoms with Crippen LogP contribution in [-0.4, -0.2) is 29.9 Å². The number of benzene rings is 3. The molecule has 1 aliphatic rings. The Morgan fingerprint density at radius 3 is 1.25 bits per heavy atom. The predicted octanol–water partition coefficient (Wildman–Crippen LogP) is 5.17. The van der Waals surface area contributed by atoms with Gasteiger partial charge in [-0.2, -0.15) is 0 Å². The van der Waals surface area contributed by atoms with Crippen molar-refractivity contribution < 1.29 is 16.8 Å². The molecule has 1 aliphatic heterocycles. The van der Waals surface area contributed by atoms with E-state index in [0.29, 0.717) is 11.4 Å². The second-order valence-electron chi connectivity index (χ2n) is 6.94. The minimum atomic E-state index is -3.94. The SMILES string of the molecule is O=S(=O)(c1ccc(Br)cc1)N1C/C=C\CN(S(=O)(=O)c2ccc(Br)cc2)c2ccccc21.